The quantitative estimate of drug-likeness (QED) is 0.648. The highest BCUT2D eigenvalue weighted by Gasteiger charge is 2.51. The minimum Gasteiger partial charge on any atom is -0.451 e. The number of amides is 2. The molecule has 0 saturated heterocycles. The summed E-state index contributed by atoms with van der Waals surface area (Å²) in [5, 5.41) is 5.51. The Bertz CT molecular complexity index is 843. The Morgan fingerprint density at radius 3 is 2.26 bits per heavy atom. The number of nitrogens with one attached hydrogen (secondary N) is 2. The molecule has 1 atom stereocenters. The van der Waals surface area contributed by atoms with Gasteiger partial charge >= 0.3 is 5.97 Å². The summed E-state index contributed by atoms with van der Waals surface area (Å²) in [4.78, 5) is 37.1. The van der Waals surface area contributed by atoms with Crippen LogP contribution in [0.3, 0.4) is 0 Å². The van der Waals surface area contributed by atoms with Gasteiger partial charge in [-0.1, -0.05) is 17.7 Å². The minimum atomic E-state index is -0.937. The number of benzene rings is 1. The fourth-order valence-corrected chi connectivity index (χ4v) is 6.56. The molecule has 0 unspecified atom stereocenters. The summed E-state index contributed by atoms with van der Waals surface area (Å²) in [7, 11) is 0. The van der Waals surface area contributed by atoms with Gasteiger partial charge in [-0.05, 0) is 94.1 Å². The number of carbonyl (C=O) groups is 3. The van der Waals surface area contributed by atoms with Crippen LogP contribution in [0.4, 0.5) is 5.69 Å². The van der Waals surface area contributed by atoms with E-state index < -0.39 is 12.1 Å². The number of rotatable bonds is 7. The van der Waals surface area contributed by atoms with Crippen LogP contribution in [-0.4, -0.2) is 30.4 Å². The molecule has 0 radical (unpaired) electrons. The van der Waals surface area contributed by atoms with Gasteiger partial charge in [-0.25, -0.2) is 0 Å². The average Bonchev–Trinajstić information content (AvgIpc) is 2.67. The molecule has 2 N–H and O–H groups in total. The van der Waals surface area contributed by atoms with Gasteiger partial charge in [0.1, 0.15) is 6.54 Å². The Morgan fingerprint density at radius 1 is 1.06 bits per heavy atom. The van der Waals surface area contributed by atoms with Crippen LogP contribution < -0.4 is 10.6 Å². The van der Waals surface area contributed by atoms with Crippen molar-refractivity contribution < 1.29 is 19.1 Å². The van der Waals surface area contributed by atoms with Gasteiger partial charge in [0, 0.05) is 12.1 Å². The SMILES string of the molecule is Cc1ccc(NC(=O)[C@H](C)OC(=O)CNC(=O)CC23CC4CC(CC(C4)C2)C3)c(C)c1. The molecule has 1 aromatic carbocycles. The number of ether oxygens (including phenoxy) is 1. The zero-order valence-electron chi connectivity index (χ0n) is 18.8. The second kappa shape index (κ2) is 8.64. The summed E-state index contributed by atoms with van der Waals surface area (Å²) in [5.41, 5.74) is 2.90. The summed E-state index contributed by atoms with van der Waals surface area (Å²) in [5.74, 6) is 1.32. The monoisotopic (exact) mass is 426 g/mol. The van der Waals surface area contributed by atoms with Gasteiger partial charge in [-0.2, -0.15) is 0 Å². The van der Waals surface area contributed by atoms with Gasteiger partial charge < -0.3 is 15.4 Å². The molecule has 2 amide bonds. The van der Waals surface area contributed by atoms with E-state index in [1.165, 1.54) is 26.2 Å². The Labute approximate surface area is 184 Å². The van der Waals surface area contributed by atoms with Crippen LogP contribution in [0.2, 0.25) is 0 Å². The topological polar surface area (TPSA) is 84.5 Å². The predicted molar refractivity (Wildman–Crippen MR) is 118 cm³/mol. The first kappa shape index (κ1) is 21.8. The lowest BCUT2D eigenvalue weighted by atomic mass is 9.49. The van der Waals surface area contributed by atoms with Crippen LogP contribution in [0.1, 0.15) is 63.0 Å². The third-order valence-electron chi connectivity index (χ3n) is 7.45. The highest BCUT2D eigenvalue weighted by Crippen LogP contribution is 2.61. The molecule has 0 heterocycles. The number of esters is 1. The molecule has 5 rings (SSSR count). The van der Waals surface area contributed by atoms with Crippen LogP contribution in [0.25, 0.3) is 0 Å². The first-order valence-corrected chi connectivity index (χ1v) is 11.6. The van der Waals surface area contributed by atoms with Crippen molar-refractivity contribution in [3.8, 4) is 0 Å². The van der Waals surface area contributed by atoms with Gasteiger partial charge in [0.15, 0.2) is 6.10 Å². The van der Waals surface area contributed by atoms with Crippen molar-refractivity contribution in [1.82, 2.24) is 5.32 Å². The molecular weight excluding hydrogens is 392 g/mol. The molecular formula is C25H34N2O4. The Hall–Kier alpha value is -2.37. The Balaban J connectivity index is 1.21. The lowest BCUT2D eigenvalue weighted by Crippen LogP contribution is -2.48. The van der Waals surface area contributed by atoms with Crippen molar-refractivity contribution in [2.45, 2.75) is 71.8 Å². The summed E-state index contributed by atoms with van der Waals surface area (Å²) in [6.45, 7) is 5.24. The van der Waals surface area contributed by atoms with Crippen molar-refractivity contribution in [1.29, 1.82) is 0 Å². The number of hydrogen-bond donors (Lipinski definition) is 2. The van der Waals surface area contributed by atoms with Gasteiger partial charge in [0.25, 0.3) is 5.91 Å². The molecule has 4 saturated carbocycles. The smallest absolute Gasteiger partial charge is 0.326 e. The van der Waals surface area contributed by atoms with E-state index in [1.807, 2.05) is 32.0 Å². The molecule has 4 aliphatic rings. The molecule has 0 spiro atoms. The van der Waals surface area contributed by atoms with E-state index in [9.17, 15) is 14.4 Å². The van der Waals surface area contributed by atoms with E-state index in [4.69, 9.17) is 4.74 Å². The second-order valence-electron chi connectivity index (χ2n) is 10.3. The number of aryl methyl sites for hydroxylation is 2. The van der Waals surface area contributed by atoms with Gasteiger partial charge in [-0.3, -0.25) is 14.4 Å². The van der Waals surface area contributed by atoms with Crippen molar-refractivity contribution in [3.63, 3.8) is 0 Å². The summed E-state index contributed by atoms with van der Waals surface area (Å²) in [6.07, 6.45) is 7.07. The van der Waals surface area contributed by atoms with E-state index in [0.29, 0.717) is 12.1 Å². The Morgan fingerprint density at radius 2 is 1.68 bits per heavy atom. The molecule has 6 heteroatoms. The van der Waals surface area contributed by atoms with E-state index in [2.05, 4.69) is 10.6 Å². The van der Waals surface area contributed by atoms with Crippen LogP contribution in [0.5, 0.6) is 0 Å². The average molecular weight is 427 g/mol. The van der Waals surface area contributed by atoms with Crippen LogP contribution in [0.15, 0.2) is 18.2 Å². The van der Waals surface area contributed by atoms with Crippen molar-refractivity contribution in [2.75, 3.05) is 11.9 Å². The molecule has 4 aliphatic carbocycles. The zero-order chi connectivity index (χ0) is 22.2. The van der Waals surface area contributed by atoms with Crippen molar-refractivity contribution in [2.24, 2.45) is 23.2 Å². The maximum absolute atomic E-state index is 12.6. The fourth-order valence-electron chi connectivity index (χ4n) is 6.56. The van der Waals surface area contributed by atoms with Crippen LogP contribution in [-0.2, 0) is 19.1 Å². The Kier molecular flexibility index (Phi) is 6.09. The van der Waals surface area contributed by atoms with E-state index >= 15 is 0 Å². The molecule has 4 fully saturated rings. The van der Waals surface area contributed by atoms with Gasteiger partial charge in [0.05, 0.1) is 0 Å². The van der Waals surface area contributed by atoms with E-state index in [0.717, 1.165) is 48.1 Å². The first-order valence-electron chi connectivity index (χ1n) is 11.6. The van der Waals surface area contributed by atoms with Crippen LogP contribution in [0, 0.1) is 37.0 Å². The summed E-state index contributed by atoms with van der Waals surface area (Å²) in [6, 6.07) is 5.73. The van der Waals surface area contributed by atoms with Crippen molar-refractivity contribution >= 4 is 23.5 Å². The third kappa shape index (κ3) is 5.10. The molecule has 6 nitrogen and oxygen atoms in total. The number of anilines is 1. The number of carbonyl (C=O) groups excluding carboxylic acids is 3. The zero-order valence-corrected chi connectivity index (χ0v) is 18.8. The van der Waals surface area contributed by atoms with Crippen molar-refractivity contribution in [3.05, 3.63) is 29.3 Å². The standard InChI is InChI=1S/C25H34N2O4/c1-15-4-5-21(16(2)6-15)27-24(30)17(3)31-23(29)14-26-22(28)13-25-10-18-7-19(11-25)9-20(8-18)12-25/h4-6,17-20H,7-14H2,1-3H3,(H,26,28)(H,27,30)/t17-,18?,19?,20?,25?/m0/s1. The molecule has 4 bridgehead atoms. The normalized spacial score (nSPS) is 29.3. The molecule has 0 aromatic heterocycles. The van der Waals surface area contributed by atoms with Gasteiger partial charge in [0.2, 0.25) is 5.91 Å². The molecule has 0 aliphatic heterocycles. The first-order chi connectivity index (χ1) is 14.7. The van der Waals surface area contributed by atoms with Crippen LogP contribution >= 0.6 is 0 Å². The maximum atomic E-state index is 12.6. The lowest BCUT2D eigenvalue weighted by molar-refractivity contribution is -0.153. The minimum absolute atomic E-state index is 0.0775. The predicted octanol–water partition coefficient (Wildman–Crippen LogP) is 3.90. The second-order valence-corrected chi connectivity index (χ2v) is 10.3. The third-order valence-corrected chi connectivity index (χ3v) is 7.45. The fraction of sp³-hybridized carbons (Fsp3) is 0.640. The summed E-state index contributed by atoms with van der Waals surface area (Å²) < 4.78 is 5.23. The maximum Gasteiger partial charge on any atom is 0.326 e. The largest absolute Gasteiger partial charge is 0.451 e. The molecule has 168 valence electrons. The summed E-state index contributed by atoms with van der Waals surface area (Å²) >= 11 is 0. The lowest BCUT2D eigenvalue weighted by Gasteiger charge is -2.56. The van der Waals surface area contributed by atoms with E-state index in [-0.39, 0.29) is 23.8 Å². The molecule has 31 heavy (non-hydrogen) atoms. The number of hydrogen-bond acceptors (Lipinski definition) is 4. The highest BCUT2D eigenvalue weighted by molar-refractivity contribution is 5.96. The van der Waals surface area contributed by atoms with Gasteiger partial charge in [-0.15, -0.1) is 0 Å². The van der Waals surface area contributed by atoms with E-state index in [1.54, 1.807) is 0 Å². The highest BCUT2D eigenvalue weighted by atomic mass is 16.5. The molecule has 1 aromatic rings.